The van der Waals surface area contributed by atoms with Gasteiger partial charge < -0.3 is 19.3 Å². The van der Waals surface area contributed by atoms with Crippen molar-refractivity contribution in [3.8, 4) is 0 Å². The standard InChI is InChI=1S/C24H36N4O8S/c1-5-10-27(37(33,34)21-9-7-6-8-20(21)28(31)32)19-15-18(22(29)25-11-13-35-14-12-25)16-26(17-19)23(30)36-24(2,3)4/h6-9,18-19H,5,10-17H2,1-4H3/t18-,19+/m1/s1. The zero-order valence-corrected chi connectivity index (χ0v) is 22.6. The Bertz CT molecular complexity index is 1100. The van der Waals surface area contributed by atoms with Crippen LogP contribution in [0.3, 0.4) is 0 Å². The van der Waals surface area contributed by atoms with E-state index in [1.54, 1.807) is 32.6 Å². The van der Waals surface area contributed by atoms with Crippen LogP contribution >= 0.6 is 0 Å². The summed E-state index contributed by atoms with van der Waals surface area (Å²) in [6, 6.07) is 4.42. The van der Waals surface area contributed by atoms with Crippen LogP contribution in [0.4, 0.5) is 10.5 Å². The molecule has 3 rings (SSSR count). The molecule has 206 valence electrons. The van der Waals surface area contributed by atoms with E-state index in [1.165, 1.54) is 27.4 Å². The Morgan fingerprint density at radius 2 is 1.81 bits per heavy atom. The van der Waals surface area contributed by atoms with Crippen LogP contribution in [-0.2, 0) is 24.3 Å². The molecule has 2 aliphatic heterocycles. The fourth-order valence-electron chi connectivity index (χ4n) is 4.65. The third-order valence-electron chi connectivity index (χ3n) is 6.25. The van der Waals surface area contributed by atoms with Crippen molar-refractivity contribution in [3.05, 3.63) is 34.4 Å². The molecule has 2 atom stereocenters. The number of carbonyl (C=O) groups excluding carboxylic acids is 2. The normalized spacial score (nSPS) is 21.1. The molecule has 37 heavy (non-hydrogen) atoms. The van der Waals surface area contributed by atoms with Gasteiger partial charge in [0.05, 0.1) is 24.1 Å². The number of nitro groups is 1. The molecule has 12 nitrogen and oxygen atoms in total. The van der Waals surface area contributed by atoms with Gasteiger partial charge in [-0.25, -0.2) is 13.2 Å². The molecule has 0 N–H and O–H groups in total. The third kappa shape index (κ3) is 6.96. The quantitative estimate of drug-likeness (QED) is 0.380. The Morgan fingerprint density at radius 3 is 2.41 bits per heavy atom. The number of nitro benzene ring substituents is 1. The number of hydrogen-bond acceptors (Lipinski definition) is 8. The van der Waals surface area contributed by atoms with Crippen molar-refractivity contribution in [2.24, 2.45) is 5.92 Å². The van der Waals surface area contributed by atoms with Crippen LogP contribution < -0.4 is 0 Å². The van der Waals surface area contributed by atoms with Gasteiger partial charge >= 0.3 is 6.09 Å². The van der Waals surface area contributed by atoms with E-state index in [9.17, 15) is 28.1 Å². The fourth-order valence-corrected chi connectivity index (χ4v) is 6.53. The molecule has 1 aromatic rings. The molecule has 0 bridgehead atoms. The predicted octanol–water partition coefficient (Wildman–Crippen LogP) is 2.48. The maximum Gasteiger partial charge on any atom is 0.410 e. The van der Waals surface area contributed by atoms with Crippen LogP contribution in [0.15, 0.2) is 29.2 Å². The van der Waals surface area contributed by atoms with Crippen molar-refractivity contribution < 1.29 is 32.4 Å². The van der Waals surface area contributed by atoms with Crippen molar-refractivity contribution in [2.75, 3.05) is 45.9 Å². The maximum absolute atomic E-state index is 13.8. The van der Waals surface area contributed by atoms with Gasteiger partial charge in [-0.1, -0.05) is 19.1 Å². The lowest BCUT2D eigenvalue weighted by atomic mass is 9.92. The number of amides is 2. The first-order valence-corrected chi connectivity index (χ1v) is 13.9. The lowest BCUT2D eigenvalue weighted by molar-refractivity contribution is -0.387. The Morgan fingerprint density at radius 1 is 1.16 bits per heavy atom. The molecule has 0 unspecified atom stereocenters. The van der Waals surface area contributed by atoms with E-state index < -0.39 is 49.2 Å². The highest BCUT2D eigenvalue weighted by molar-refractivity contribution is 7.89. The van der Waals surface area contributed by atoms with Crippen molar-refractivity contribution in [1.29, 1.82) is 0 Å². The van der Waals surface area contributed by atoms with E-state index in [0.717, 1.165) is 6.07 Å². The molecule has 2 amide bonds. The Hall–Kier alpha value is -2.77. The van der Waals surface area contributed by atoms with Crippen molar-refractivity contribution in [1.82, 2.24) is 14.1 Å². The largest absolute Gasteiger partial charge is 0.444 e. The zero-order chi connectivity index (χ0) is 27.4. The van der Waals surface area contributed by atoms with E-state index >= 15 is 0 Å². The van der Waals surface area contributed by atoms with Crippen LogP contribution in [0.5, 0.6) is 0 Å². The van der Waals surface area contributed by atoms with Crippen molar-refractivity contribution in [3.63, 3.8) is 0 Å². The summed E-state index contributed by atoms with van der Waals surface area (Å²) >= 11 is 0. The first-order chi connectivity index (χ1) is 17.3. The molecule has 0 aliphatic carbocycles. The van der Waals surface area contributed by atoms with E-state index in [-0.39, 0.29) is 32.0 Å². The van der Waals surface area contributed by atoms with Gasteiger partial charge in [0.2, 0.25) is 15.9 Å². The van der Waals surface area contributed by atoms with Crippen LogP contribution in [0.2, 0.25) is 0 Å². The number of carbonyl (C=O) groups is 2. The number of para-hydroxylation sites is 1. The number of ether oxygens (including phenoxy) is 2. The SMILES string of the molecule is CCCN([C@H]1C[C@@H](C(=O)N2CCOCC2)CN(C(=O)OC(C)(C)C)C1)S(=O)(=O)c1ccccc1[N+](=O)[O-]. The summed E-state index contributed by atoms with van der Waals surface area (Å²) in [5.74, 6) is -0.842. The fraction of sp³-hybridized carbons (Fsp3) is 0.667. The summed E-state index contributed by atoms with van der Waals surface area (Å²) < 4.78 is 39.7. The van der Waals surface area contributed by atoms with Gasteiger partial charge in [-0.05, 0) is 39.7 Å². The summed E-state index contributed by atoms with van der Waals surface area (Å²) in [5, 5.41) is 11.6. The highest BCUT2D eigenvalue weighted by Gasteiger charge is 2.43. The van der Waals surface area contributed by atoms with Crippen LogP contribution in [0, 0.1) is 16.0 Å². The Kier molecular flexibility index (Phi) is 9.13. The van der Waals surface area contributed by atoms with Gasteiger partial charge in [0.25, 0.3) is 5.69 Å². The molecular formula is C24H36N4O8S. The average molecular weight is 541 g/mol. The molecule has 13 heteroatoms. The minimum atomic E-state index is -4.33. The minimum absolute atomic E-state index is 0.00165. The highest BCUT2D eigenvalue weighted by Crippen LogP contribution is 2.32. The molecule has 2 aliphatic rings. The minimum Gasteiger partial charge on any atom is -0.444 e. The lowest BCUT2D eigenvalue weighted by Crippen LogP contribution is -2.58. The van der Waals surface area contributed by atoms with Gasteiger partial charge in [0, 0.05) is 44.8 Å². The summed E-state index contributed by atoms with van der Waals surface area (Å²) in [7, 11) is -4.33. The van der Waals surface area contributed by atoms with Gasteiger partial charge in [-0.3, -0.25) is 14.9 Å². The number of piperidine rings is 1. The summed E-state index contributed by atoms with van der Waals surface area (Å²) in [5.41, 5.74) is -1.31. The van der Waals surface area contributed by atoms with Crippen LogP contribution in [0.1, 0.15) is 40.5 Å². The van der Waals surface area contributed by atoms with Gasteiger partial charge in [0.15, 0.2) is 4.90 Å². The van der Waals surface area contributed by atoms with Crippen LogP contribution in [-0.4, -0.2) is 97.0 Å². The molecule has 0 aromatic heterocycles. The first kappa shape index (κ1) is 28.8. The zero-order valence-electron chi connectivity index (χ0n) is 21.8. The molecule has 0 radical (unpaired) electrons. The molecule has 0 saturated carbocycles. The molecule has 2 saturated heterocycles. The first-order valence-electron chi connectivity index (χ1n) is 12.4. The molecule has 2 heterocycles. The Labute approximate surface area is 217 Å². The molecule has 2 fully saturated rings. The number of likely N-dealkylation sites (tertiary alicyclic amines) is 1. The summed E-state index contributed by atoms with van der Waals surface area (Å²) in [4.78, 5) is 40.0. The van der Waals surface area contributed by atoms with Crippen molar-refractivity contribution >= 4 is 27.7 Å². The van der Waals surface area contributed by atoms with E-state index in [1.807, 2.05) is 0 Å². The highest BCUT2D eigenvalue weighted by atomic mass is 32.2. The lowest BCUT2D eigenvalue weighted by Gasteiger charge is -2.43. The number of rotatable bonds is 7. The number of hydrogen-bond donors (Lipinski definition) is 0. The number of benzene rings is 1. The topological polar surface area (TPSA) is 140 Å². The van der Waals surface area contributed by atoms with Crippen molar-refractivity contribution in [2.45, 2.75) is 57.1 Å². The third-order valence-corrected chi connectivity index (χ3v) is 8.25. The summed E-state index contributed by atoms with van der Waals surface area (Å²) in [6.45, 7) is 8.79. The predicted molar refractivity (Wildman–Crippen MR) is 134 cm³/mol. The molecular weight excluding hydrogens is 504 g/mol. The van der Waals surface area contributed by atoms with Gasteiger partial charge in [-0.2, -0.15) is 4.31 Å². The maximum atomic E-state index is 13.8. The number of morpholine rings is 1. The smallest absolute Gasteiger partial charge is 0.410 e. The van der Waals surface area contributed by atoms with E-state index in [0.29, 0.717) is 32.7 Å². The van der Waals surface area contributed by atoms with Gasteiger partial charge in [-0.15, -0.1) is 0 Å². The molecule has 1 aromatic carbocycles. The Balaban J connectivity index is 1.99. The number of sulfonamides is 1. The number of nitrogens with zero attached hydrogens (tertiary/aromatic N) is 4. The second-order valence-electron chi connectivity index (χ2n) is 10.3. The second-order valence-corrected chi connectivity index (χ2v) is 12.1. The second kappa shape index (κ2) is 11.7. The average Bonchev–Trinajstić information content (AvgIpc) is 2.85. The summed E-state index contributed by atoms with van der Waals surface area (Å²) in [6.07, 6.45) is -0.0308. The van der Waals surface area contributed by atoms with E-state index in [2.05, 4.69) is 0 Å². The van der Waals surface area contributed by atoms with E-state index in [4.69, 9.17) is 9.47 Å². The van der Waals surface area contributed by atoms with Gasteiger partial charge in [0.1, 0.15) is 5.60 Å². The monoisotopic (exact) mass is 540 g/mol. The van der Waals surface area contributed by atoms with Crippen LogP contribution in [0.25, 0.3) is 0 Å². The molecule has 0 spiro atoms.